The third kappa shape index (κ3) is 4.94. The average Bonchev–Trinajstić information content (AvgIpc) is 2.74. The van der Waals surface area contributed by atoms with E-state index in [1.165, 1.54) is 30.3 Å². The molecule has 1 aliphatic rings. The normalized spacial score (nSPS) is 16.1. The molecule has 1 heterocycles. The number of benzene rings is 2. The quantitative estimate of drug-likeness (QED) is 0.702. The van der Waals surface area contributed by atoms with Gasteiger partial charge < -0.3 is 20.1 Å². The molecule has 1 amide bonds. The molecule has 1 aliphatic heterocycles. The van der Waals surface area contributed by atoms with Crippen LogP contribution in [-0.2, 0) is 9.53 Å². The van der Waals surface area contributed by atoms with E-state index in [9.17, 15) is 23.9 Å². The Balaban J connectivity index is 1.79. The Bertz CT molecular complexity index is 945. The van der Waals surface area contributed by atoms with Gasteiger partial charge in [-0.25, -0.2) is 9.18 Å². The zero-order valence-corrected chi connectivity index (χ0v) is 16.6. The van der Waals surface area contributed by atoms with Crippen LogP contribution in [0.3, 0.4) is 0 Å². The summed E-state index contributed by atoms with van der Waals surface area (Å²) in [7, 11) is 0. The molecule has 1 fully saturated rings. The molecule has 2 aromatic rings. The van der Waals surface area contributed by atoms with Crippen LogP contribution in [0.5, 0.6) is 0 Å². The highest BCUT2D eigenvalue weighted by Crippen LogP contribution is 2.29. The lowest BCUT2D eigenvalue weighted by Crippen LogP contribution is -2.40. The molecule has 158 valence electrons. The van der Waals surface area contributed by atoms with Gasteiger partial charge in [0.15, 0.2) is 0 Å². The van der Waals surface area contributed by atoms with Crippen molar-refractivity contribution < 1.29 is 28.6 Å². The van der Waals surface area contributed by atoms with E-state index in [1.54, 1.807) is 19.1 Å². The number of hydrogen-bond acceptors (Lipinski definition) is 5. The van der Waals surface area contributed by atoms with Crippen molar-refractivity contribution in [1.29, 1.82) is 0 Å². The number of piperidine rings is 1. The van der Waals surface area contributed by atoms with Crippen LogP contribution in [-0.4, -0.2) is 42.6 Å². The van der Waals surface area contributed by atoms with E-state index in [4.69, 9.17) is 4.74 Å². The lowest BCUT2D eigenvalue weighted by Gasteiger charge is -2.34. The summed E-state index contributed by atoms with van der Waals surface area (Å²) in [5.74, 6) is -2.65. The lowest BCUT2D eigenvalue weighted by molar-refractivity contribution is -0.148. The number of halogens is 1. The van der Waals surface area contributed by atoms with E-state index >= 15 is 0 Å². The van der Waals surface area contributed by atoms with Crippen LogP contribution in [0.25, 0.3) is 0 Å². The van der Waals surface area contributed by atoms with Crippen molar-refractivity contribution in [3.05, 3.63) is 59.4 Å². The Morgan fingerprint density at radius 2 is 1.93 bits per heavy atom. The van der Waals surface area contributed by atoms with Crippen LogP contribution in [0.2, 0.25) is 0 Å². The minimum atomic E-state index is -1.14. The Morgan fingerprint density at radius 3 is 2.60 bits per heavy atom. The van der Waals surface area contributed by atoms with Crippen LogP contribution in [0.1, 0.15) is 40.5 Å². The van der Waals surface area contributed by atoms with Gasteiger partial charge in [0.25, 0.3) is 5.91 Å². The fraction of sp³-hybridized carbons (Fsp3) is 0.318. The number of amides is 1. The van der Waals surface area contributed by atoms with Crippen molar-refractivity contribution in [3.8, 4) is 0 Å². The number of carboxylic acid groups (broad SMARTS) is 1. The number of anilines is 2. The van der Waals surface area contributed by atoms with Gasteiger partial charge in [0.1, 0.15) is 5.82 Å². The fourth-order valence-corrected chi connectivity index (χ4v) is 3.51. The predicted molar refractivity (Wildman–Crippen MR) is 109 cm³/mol. The second kappa shape index (κ2) is 9.39. The first-order valence-corrected chi connectivity index (χ1v) is 9.75. The number of carbonyl (C=O) groups excluding carboxylic acids is 2. The Labute approximate surface area is 173 Å². The molecular weight excluding hydrogens is 391 g/mol. The summed E-state index contributed by atoms with van der Waals surface area (Å²) < 4.78 is 18.1. The predicted octanol–water partition coefficient (Wildman–Crippen LogP) is 3.56. The summed E-state index contributed by atoms with van der Waals surface area (Å²) >= 11 is 0. The van der Waals surface area contributed by atoms with Crippen molar-refractivity contribution in [1.82, 2.24) is 0 Å². The maximum absolute atomic E-state index is 13.0. The van der Waals surface area contributed by atoms with Gasteiger partial charge >= 0.3 is 11.9 Å². The van der Waals surface area contributed by atoms with Gasteiger partial charge in [0, 0.05) is 24.3 Å². The number of nitrogens with zero attached hydrogens (tertiary/aromatic N) is 1. The first-order chi connectivity index (χ1) is 14.4. The number of carboxylic acids is 1. The van der Waals surface area contributed by atoms with Crippen LogP contribution >= 0.6 is 0 Å². The first-order valence-electron chi connectivity index (χ1n) is 9.75. The molecule has 7 nitrogen and oxygen atoms in total. The monoisotopic (exact) mass is 414 g/mol. The summed E-state index contributed by atoms with van der Waals surface area (Å²) in [5, 5.41) is 12.3. The molecule has 30 heavy (non-hydrogen) atoms. The minimum absolute atomic E-state index is 0.0245. The molecule has 0 spiro atoms. The lowest BCUT2D eigenvalue weighted by atomic mass is 9.96. The highest BCUT2D eigenvalue weighted by molar-refractivity contribution is 6.05. The molecule has 2 N–H and O–H groups in total. The summed E-state index contributed by atoms with van der Waals surface area (Å²) in [5.41, 5.74) is 1.07. The number of nitrogens with one attached hydrogen (secondary N) is 1. The van der Waals surface area contributed by atoms with Gasteiger partial charge in [-0.2, -0.15) is 0 Å². The molecule has 0 bridgehead atoms. The number of carbonyl (C=O) groups is 3. The first kappa shape index (κ1) is 21.3. The van der Waals surface area contributed by atoms with Gasteiger partial charge in [-0.3, -0.25) is 9.59 Å². The van der Waals surface area contributed by atoms with Gasteiger partial charge in [-0.15, -0.1) is 0 Å². The molecule has 0 aromatic heterocycles. The van der Waals surface area contributed by atoms with Gasteiger partial charge in [-0.05, 0) is 62.2 Å². The smallest absolute Gasteiger partial charge is 0.337 e. The molecular formula is C22H23FN2O5. The van der Waals surface area contributed by atoms with Crippen molar-refractivity contribution in [2.75, 3.05) is 29.9 Å². The number of esters is 1. The van der Waals surface area contributed by atoms with Crippen molar-refractivity contribution in [3.63, 3.8) is 0 Å². The maximum atomic E-state index is 13.0. The van der Waals surface area contributed by atoms with E-state index in [1.807, 2.05) is 4.90 Å². The van der Waals surface area contributed by atoms with Gasteiger partial charge in [0.2, 0.25) is 0 Å². The maximum Gasteiger partial charge on any atom is 0.337 e. The van der Waals surface area contributed by atoms with Crippen molar-refractivity contribution >= 4 is 29.2 Å². The minimum Gasteiger partial charge on any atom is -0.478 e. The summed E-state index contributed by atoms with van der Waals surface area (Å²) in [6, 6.07) is 9.66. The fourth-order valence-electron chi connectivity index (χ4n) is 3.51. The summed E-state index contributed by atoms with van der Waals surface area (Å²) in [6.45, 7) is 3.05. The molecule has 0 saturated carbocycles. The van der Waals surface area contributed by atoms with E-state index in [2.05, 4.69) is 5.32 Å². The number of ether oxygens (including phenoxy) is 1. The Hall–Kier alpha value is -3.42. The Kier molecular flexibility index (Phi) is 6.66. The topological polar surface area (TPSA) is 95.9 Å². The van der Waals surface area contributed by atoms with E-state index in [0.717, 1.165) is 6.42 Å². The van der Waals surface area contributed by atoms with E-state index < -0.39 is 17.7 Å². The third-order valence-electron chi connectivity index (χ3n) is 4.97. The second-order valence-electron chi connectivity index (χ2n) is 7.04. The van der Waals surface area contributed by atoms with Crippen LogP contribution in [0.15, 0.2) is 42.5 Å². The Morgan fingerprint density at radius 1 is 1.20 bits per heavy atom. The van der Waals surface area contributed by atoms with Crippen LogP contribution < -0.4 is 10.2 Å². The van der Waals surface area contributed by atoms with Crippen molar-refractivity contribution in [2.24, 2.45) is 5.92 Å². The van der Waals surface area contributed by atoms with Crippen molar-refractivity contribution in [2.45, 2.75) is 19.8 Å². The molecule has 1 saturated heterocycles. The van der Waals surface area contributed by atoms with Crippen LogP contribution in [0.4, 0.5) is 15.8 Å². The van der Waals surface area contributed by atoms with E-state index in [0.29, 0.717) is 37.5 Å². The summed E-state index contributed by atoms with van der Waals surface area (Å²) in [6.07, 6.45) is 1.44. The largest absolute Gasteiger partial charge is 0.478 e. The number of hydrogen-bond donors (Lipinski definition) is 2. The van der Waals surface area contributed by atoms with E-state index in [-0.39, 0.29) is 23.0 Å². The number of aromatic carboxylic acids is 1. The molecule has 0 radical (unpaired) electrons. The molecule has 3 rings (SSSR count). The number of rotatable bonds is 6. The summed E-state index contributed by atoms with van der Waals surface area (Å²) in [4.78, 5) is 38.1. The zero-order valence-electron chi connectivity index (χ0n) is 16.6. The molecule has 0 aliphatic carbocycles. The molecule has 8 heteroatoms. The third-order valence-corrected chi connectivity index (χ3v) is 4.97. The molecule has 1 atom stereocenters. The van der Waals surface area contributed by atoms with Gasteiger partial charge in [-0.1, -0.05) is 0 Å². The van der Waals surface area contributed by atoms with Crippen LogP contribution in [0, 0.1) is 11.7 Å². The zero-order chi connectivity index (χ0) is 21.7. The highest BCUT2D eigenvalue weighted by atomic mass is 19.1. The SMILES string of the molecule is CCOC(=O)[C@@H]1CCCN(c2ccc(NC(=O)c3ccc(F)cc3)cc2C(=O)O)C1. The molecule has 2 aromatic carbocycles. The molecule has 0 unspecified atom stereocenters. The standard InChI is InChI=1S/C22H23FN2O5/c1-2-30-22(29)15-4-3-11-25(13-15)19-10-9-17(12-18(19)21(27)28)24-20(26)14-5-7-16(23)8-6-14/h5-10,12,15H,2-4,11,13H2,1H3,(H,24,26)(H,27,28)/t15-/m1/s1. The second-order valence-corrected chi connectivity index (χ2v) is 7.04. The van der Waals surface area contributed by atoms with Gasteiger partial charge in [0.05, 0.1) is 23.8 Å². The average molecular weight is 414 g/mol. The highest BCUT2D eigenvalue weighted by Gasteiger charge is 2.29.